The standard InChI is InChI=1S/C12H13FN4O2/c1-2-7-5-16-9(19-7)6-17-12(18)8-3-4-15-11(14)10(8)13/h3-5H,2,6H2,1H3,(H2,14,15)(H,17,18). The second-order valence-electron chi connectivity index (χ2n) is 3.81. The van der Waals surface area contributed by atoms with Crippen molar-refractivity contribution in [3.05, 3.63) is 41.5 Å². The lowest BCUT2D eigenvalue weighted by atomic mass is 10.2. The number of aryl methyl sites for hydroxylation is 1. The van der Waals surface area contributed by atoms with E-state index in [2.05, 4.69) is 15.3 Å². The molecule has 2 aromatic rings. The number of oxazole rings is 1. The van der Waals surface area contributed by atoms with E-state index in [9.17, 15) is 9.18 Å². The van der Waals surface area contributed by atoms with E-state index in [0.717, 1.165) is 12.2 Å². The molecule has 0 aromatic carbocycles. The van der Waals surface area contributed by atoms with Crippen molar-refractivity contribution in [2.75, 3.05) is 5.73 Å². The number of pyridine rings is 1. The van der Waals surface area contributed by atoms with Crippen molar-refractivity contribution in [3.8, 4) is 0 Å². The summed E-state index contributed by atoms with van der Waals surface area (Å²) in [6.45, 7) is 2.01. The molecule has 0 spiro atoms. The maximum atomic E-state index is 13.5. The number of hydrogen-bond donors (Lipinski definition) is 2. The molecule has 2 aromatic heterocycles. The van der Waals surface area contributed by atoms with Gasteiger partial charge in [-0.3, -0.25) is 4.79 Å². The molecule has 1 amide bonds. The Balaban J connectivity index is 2.03. The number of halogens is 1. The van der Waals surface area contributed by atoms with Gasteiger partial charge in [0.2, 0.25) is 5.89 Å². The van der Waals surface area contributed by atoms with Crippen molar-refractivity contribution < 1.29 is 13.6 Å². The van der Waals surface area contributed by atoms with Crippen molar-refractivity contribution >= 4 is 11.7 Å². The number of anilines is 1. The molecule has 0 radical (unpaired) electrons. The number of aromatic nitrogens is 2. The van der Waals surface area contributed by atoms with E-state index in [4.69, 9.17) is 10.2 Å². The Morgan fingerprint density at radius 1 is 1.53 bits per heavy atom. The van der Waals surface area contributed by atoms with E-state index in [1.807, 2.05) is 6.92 Å². The largest absolute Gasteiger partial charge is 0.444 e. The van der Waals surface area contributed by atoms with Crippen LogP contribution in [-0.4, -0.2) is 15.9 Å². The summed E-state index contributed by atoms with van der Waals surface area (Å²) in [6, 6.07) is 1.26. The van der Waals surface area contributed by atoms with Gasteiger partial charge < -0.3 is 15.5 Å². The van der Waals surface area contributed by atoms with Crippen LogP contribution >= 0.6 is 0 Å². The Kier molecular flexibility index (Phi) is 3.74. The lowest BCUT2D eigenvalue weighted by molar-refractivity contribution is 0.0943. The van der Waals surface area contributed by atoms with Gasteiger partial charge in [-0.25, -0.2) is 14.4 Å². The lowest BCUT2D eigenvalue weighted by Crippen LogP contribution is -2.24. The molecule has 0 atom stereocenters. The molecule has 6 nitrogen and oxygen atoms in total. The molecular formula is C12H13FN4O2. The number of carbonyl (C=O) groups excluding carboxylic acids is 1. The molecule has 0 unspecified atom stereocenters. The zero-order valence-corrected chi connectivity index (χ0v) is 10.3. The number of amides is 1. The van der Waals surface area contributed by atoms with Gasteiger partial charge >= 0.3 is 0 Å². The van der Waals surface area contributed by atoms with Crippen LogP contribution in [0.5, 0.6) is 0 Å². The van der Waals surface area contributed by atoms with E-state index in [-0.39, 0.29) is 17.9 Å². The maximum absolute atomic E-state index is 13.5. The Bertz CT molecular complexity index is 597. The average molecular weight is 264 g/mol. The van der Waals surface area contributed by atoms with Crippen LogP contribution in [0.2, 0.25) is 0 Å². The first-order valence-electron chi connectivity index (χ1n) is 5.73. The second-order valence-corrected chi connectivity index (χ2v) is 3.81. The molecule has 3 N–H and O–H groups in total. The topological polar surface area (TPSA) is 94.0 Å². The molecule has 7 heteroatoms. The number of rotatable bonds is 4. The van der Waals surface area contributed by atoms with E-state index in [1.165, 1.54) is 12.3 Å². The molecule has 2 heterocycles. The Morgan fingerprint density at radius 3 is 3.00 bits per heavy atom. The molecule has 0 aliphatic carbocycles. The minimum Gasteiger partial charge on any atom is -0.444 e. The first kappa shape index (κ1) is 13.0. The smallest absolute Gasteiger partial charge is 0.254 e. The van der Waals surface area contributed by atoms with Gasteiger partial charge in [-0.05, 0) is 6.07 Å². The van der Waals surface area contributed by atoms with Gasteiger partial charge in [-0.2, -0.15) is 0 Å². The highest BCUT2D eigenvalue weighted by Crippen LogP contribution is 2.12. The Labute approximate surface area is 108 Å². The third-order valence-electron chi connectivity index (χ3n) is 2.51. The van der Waals surface area contributed by atoms with Crippen molar-refractivity contribution in [1.29, 1.82) is 0 Å². The van der Waals surface area contributed by atoms with Crippen LogP contribution in [0.4, 0.5) is 10.2 Å². The third kappa shape index (κ3) is 2.87. The second kappa shape index (κ2) is 5.47. The summed E-state index contributed by atoms with van der Waals surface area (Å²) in [7, 11) is 0. The van der Waals surface area contributed by atoms with Gasteiger partial charge in [-0.15, -0.1) is 0 Å². The van der Waals surface area contributed by atoms with Crippen LogP contribution in [-0.2, 0) is 13.0 Å². The highest BCUT2D eigenvalue weighted by Gasteiger charge is 2.15. The average Bonchev–Trinajstić information content (AvgIpc) is 2.87. The summed E-state index contributed by atoms with van der Waals surface area (Å²) in [5, 5.41) is 2.50. The van der Waals surface area contributed by atoms with Gasteiger partial charge in [-0.1, -0.05) is 6.92 Å². The van der Waals surface area contributed by atoms with E-state index in [0.29, 0.717) is 5.89 Å². The monoisotopic (exact) mass is 264 g/mol. The fraction of sp³-hybridized carbons (Fsp3) is 0.250. The third-order valence-corrected chi connectivity index (χ3v) is 2.51. The predicted molar refractivity (Wildman–Crippen MR) is 65.7 cm³/mol. The van der Waals surface area contributed by atoms with Crippen molar-refractivity contribution in [1.82, 2.24) is 15.3 Å². The molecule has 0 bridgehead atoms. The van der Waals surface area contributed by atoms with Crippen molar-refractivity contribution in [3.63, 3.8) is 0 Å². The summed E-state index contributed by atoms with van der Waals surface area (Å²) in [4.78, 5) is 19.3. The molecular weight excluding hydrogens is 251 g/mol. The summed E-state index contributed by atoms with van der Waals surface area (Å²) in [5.74, 6) is -0.641. The molecule has 100 valence electrons. The molecule has 2 rings (SSSR count). The molecule has 0 fully saturated rings. The van der Waals surface area contributed by atoms with Crippen LogP contribution in [0, 0.1) is 5.82 Å². The summed E-state index contributed by atoms with van der Waals surface area (Å²) < 4.78 is 18.9. The fourth-order valence-electron chi connectivity index (χ4n) is 1.48. The predicted octanol–water partition coefficient (Wildman–Crippen LogP) is 1.28. The fourth-order valence-corrected chi connectivity index (χ4v) is 1.48. The molecule has 0 aliphatic rings. The van der Waals surface area contributed by atoms with Crippen LogP contribution in [0.3, 0.4) is 0 Å². The SMILES string of the molecule is CCc1cnc(CNC(=O)c2ccnc(N)c2F)o1. The number of nitrogen functional groups attached to an aromatic ring is 1. The summed E-state index contributed by atoms with van der Waals surface area (Å²) in [5.41, 5.74) is 5.13. The Hall–Kier alpha value is -2.44. The zero-order valence-electron chi connectivity index (χ0n) is 10.3. The van der Waals surface area contributed by atoms with Gasteiger partial charge in [0.15, 0.2) is 11.6 Å². The Morgan fingerprint density at radius 2 is 2.32 bits per heavy atom. The molecule has 0 saturated heterocycles. The number of carbonyl (C=O) groups is 1. The van der Waals surface area contributed by atoms with Crippen molar-refractivity contribution in [2.24, 2.45) is 0 Å². The number of nitrogens with two attached hydrogens (primary N) is 1. The van der Waals surface area contributed by atoms with E-state index >= 15 is 0 Å². The number of nitrogens with one attached hydrogen (secondary N) is 1. The number of hydrogen-bond acceptors (Lipinski definition) is 5. The summed E-state index contributed by atoms with van der Waals surface area (Å²) in [6.07, 6.45) is 3.58. The summed E-state index contributed by atoms with van der Waals surface area (Å²) >= 11 is 0. The first-order valence-corrected chi connectivity index (χ1v) is 5.73. The highest BCUT2D eigenvalue weighted by atomic mass is 19.1. The molecule has 0 aliphatic heterocycles. The normalized spacial score (nSPS) is 10.4. The minimum atomic E-state index is -0.832. The molecule has 0 saturated carbocycles. The van der Waals surface area contributed by atoms with Gasteiger partial charge in [0.1, 0.15) is 5.76 Å². The van der Waals surface area contributed by atoms with E-state index < -0.39 is 11.7 Å². The minimum absolute atomic E-state index is 0.0838. The van der Waals surface area contributed by atoms with Crippen LogP contribution in [0.15, 0.2) is 22.9 Å². The van der Waals surface area contributed by atoms with Gasteiger partial charge in [0.25, 0.3) is 5.91 Å². The number of nitrogens with zero attached hydrogens (tertiary/aromatic N) is 2. The van der Waals surface area contributed by atoms with Gasteiger partial charge in [0.05, 0.1) is 18.3 Å². The molecule has 19 heavy (non-hydrogen) atoms. The first-order chi connectivity index (χ1) is 9.11. The van der Waals surface area contributed by atoms with Crippen LogP contribution < -0.4 is 11.1 Å². The zero-order chi connectivity index (χ0) is 13.8. The van der Waals surface area contributed by atoms with Crippen molar-refractivity contribution in [2.45, 2.75) is 19.9 Å². The maximum Gasteiger partial charge on any atom is 0.254 e. The van der Waals surface area contributed by atoms with Crippen LogP contribution in [0.25, 0.3) is 0 Å². The lowest BCUT2D eigenvalue weighted by Gasteiger charge is -2.04. The van der Waals surface area contributed by atoms with Gasteiger partial charge in [0, 0.05) is 12.6 Å². The highest BCUT2D eigenvalue weighted by molar-refractivity contribution is 5.94. The van der Waals surface area contributed by atoms with E-state index in [1.54, 1.807) is 6.20 Å². The van der Waals surface area contributed by atoms with Crippen LogP contribution in [0.1, 0.15) is 28.9 Å². The quantitative estimate of drug-likeness (QED) is 0.867.